The number of para-hydroxylation sites is 2. The summed E-state index contributed by atoms with van der Waals surface area (Å²) in [6.45, 7) is 0. The average Bonchev–Trinajstić information content (AvgIpc) is 3.95. The van der Waals surface area contributed by atoms with Crippen LogP contribution in [0.5, 0.6) is 0 Å². The van der Waals surface area contributed by atoms with Crippen molar-refractivity contribution in [1.82, 2.24) is 19.5 Å². The molecule has 0 saturated heterocycles. The standard InChI is InChI=1S/C51H30N4O2/c1-3-13-31(14-4-1)33-17-11-18-34(27-33)36-21-12-24-45-48(36)39-26-25-35(28-46(39)57-45)50-52-49(32-15-5-2-6-16-32)53-51(54-50)55-42-22-9-7-19-37(42)40-29-41-38-20-8-10-23-44(38)56-47(41)30-43(40)55/h1-30H. The third-order valence-electron chi connectivity index (χ3n) is 11.1. The first-order chi connectivity index (χ1) is 28.2. The minimum Gasteiger partial charge on any atom is -0.456 e. The molecule has 0 radical (unpaired) electrons. The maximum atomic E-state index is 6.60. The van der Waals surface area contributed by atoms with E-state index in [1.54, 1.807) is 0 Å². The Balaban J connectivity index is 1.05. The number of hydrogen-bond acceptors (Lipinski definition) is 5. The first-order valence-corrected chi connectivity index (χ1v) is 19.0. The summed E-state index contributed by atoms with van der Waals surface area (Å²) in [7, 11) is 0. The maximum absolute atomic E-state index is 6.60. The van der Waals surface area contributed by atoms with Gasteiger partial charge in [0.25, 0.3) is 0 Å². The zero-order valence-electron chi connectivity index (χ0n) is 30.4. The van der Waals surface area contributed by atoms with E-state index in [2.05, 4.69) is 132 Å². The second kappa shape index (κ2) is 12.3. The van der Waals surface area contributed by atoms with Gasteiger partial charge in [0.1, 0.15) is 22.3 Å². The first kappa shape index (κ1) is 31.5. The molecule has 0 amide bonds. The molecule has 0 aliphatic heterocycles. The Bertz CT molecular complexity index is 3530. The van der Waals surface area contributed by atoms with Crippen LogP contribution >= 0.6 is 0 Å². The fourth-order valence-electron chi connectivity index (χ4n) is 8.42. The van der Waals surface area contributed by atoms with E-state index in [0.717, 1.165) is 87.9 Å². The zero-order valence-corrected chi connectivity index (χ0v) is 30.4. The molecule has 12 rings (SSSR count). The molecule has 266 valence electrons. The molecule has 6 nitrogen and oxygen atoms in total. The molecule has 0 saturated carbocycles. The highest BCUT2D eigenvalue weighted by Gasteiger charge is 2.21. The second-order valence-electron chi connectivity index (χ2n) is 14.4. The van der Waals surface area contributed by atoms with Crippen molar-refractivity contribution in [3.8, 4) is 51.0 Å². The van der Waals surface area contributed by atoms with E-state index < -0.39 is 0 Å². The fourth-order valence-corrected chi connectivity index (χ4v) is 8.42. The predicted molar refractivity (Wildman–Crippen MR) is 230 cm³/mol. The number of fused-ring (bicyclic) bond motifs is 9. The molecule has 12 aromatic rings. The van der Waals surface area contributed by atoms with Crippen molar-refractivity contribution >= 4 is 65.7 Å². The quantitative estimate of drug-likeness (QED) is 0.176. The summed E-state index contributed by atoms with van der Waals surface area (Å²) in [4.78, 5) is 15.5. The van der Waals surface area contributed by atoms with Crippen LogP contribution in [0.25, 0.3) is 117 Å². The monoisotopic (exact) mass is 730 g/mol. The number of rotatable bonds is 5. The highest BCUT2D eigenvalue weighted by Crippen LogP contribution is 2.41. The summed E-state index contributed by atoms with van der Waals surface area (Å²) < 4.78 is 15.1. The van der Waals surface area contributed by atoms with E-state index in [1.165, 1.54) is 11.1 Å². The van der Waals surface area contributed by atoms with Crippen LogP contribution in [-0.2, 0) is 0 Å². The van der Waals surface area contributed by atoms with Crippen molar-refractivity contribution < 1.29 is 8.83 Å². The molecule has 57 heavy (non-hydrogen) atoms. The first-order valence-electron chi connectivity index (χ1n) is 19.0. The van der Waals surface area contributed by atoms with Gasteiger partial charge in [0.15, 0.2) is 11.6 Å². The van der Waals surface area contributed by atoms with Gasteiger partial charge in [0, 0.05) is 49.5 Å². The molecular formula is C51H30N4O2. The minimum absolute atomic E-state index is 0.519. The van der Waals surface area contributed by atoms with Crippen LogP contribution in [0.3, 0.4) is 0 Å². The van der Waals surface area contributed by atoms with Crippen molar-refractivity contribution in [2.75, 3.05) is 0 Å². The smallest absolute Gasteiger partial charge is 0.238 e. The normalized spacial score (nSPS) is 11.9. The molecule has 4 aromatic heterocycles. The second-order valence-corrected chi connectivity index (χ2v) is 14.4. The van der Waals surface area contributed by atoms with E-state index in [4.69, 9.17) is 23.8 Å². The van der Waals surface area contributed by atoms with Gasteiger partial charge in [-0.1, -0.05) is 133 Å². The fraction of sp³-hybridized carbons (Fsp3) is 0. The lowest BCUT2D eigenvalue weighted by molar-refractivity contribution is 0.668. The molecule has 0 aliphatic rings. The summed E-state index contributed by atoms with van der Waals surface area (Å²) in [5, 5.41) is 6.48. The number of aromatic nitrogens is 4. The van der Waals surface area contributed by atoms with Crippen molar-refractivity contribution in [1.29, 1.82) is 0 Å². The number of furan rings is 2. The van der Waals surface area contributed by atoms with Crippen LogP contribution in [0, 0.1) is 0 Å². The lowest BCUT2D eigenvalue weighted by atomic mass is 9.96. The molecular weight excluding hydrogens is 701 g/mol. The van der Waals surface area contributed by atoms with Crippen LogP contribution in [-0.4, -0.2) is 19.5 Å². The van der Waals surface area contributed by atoms with Crippen LogP contribution in [0.1, 0.15) is 0 Å². The van der Waals surface area contributed by atoms with Gasteiger partial charge in [-0.15, -0.1) is 0 Å². The summed E-state index contributed by atoms with van der Waals surface area (Å²) in [5.41, 5.74) is 11.6. The molecule has 0 bridgehead atoms. The Labute approximate surface area is 325 Å². The molecule has 0 unspecified atom stereocenters. The third kappa shape index (κ3) is 5.01. The molecule has 0 spiro atoms. The zero-order chi connectivity index (χ0) is 37.5. The Kier molecular flexibility index (Phi) is 6.83. The van der Waals surface area contributed by atoms with Gasteiger partial charge in [0.2, 0.25) is 5.95 Å². The van der Waals surface area contributed by atoms with Crippen molar-refractivity contribution in [3.63, 3.8) is 0 Å². The summed E-state index contributed by atoms with van der Waals surface area (Å²) >= 11 is 0. The topological polar surface area (TPSA) is 69.9 Å². The Morgan fingerprint density at radius 3 is 1.84 bits per heavy atom. The summed E-state index contributed by atoms with van der Waals surface area (Å²) in [5.74, 6) is 1.65. The van der Waals surface area contributed by atoms with E-state index >= 15 is 0 Å². The van der Waals surface area contributed by atoms with Gasteiger partial charge in [-0.3, -0.25) is 4.57 Å². The Morgan fingerprint density at radius 2 is 0.982 bits per heavy atom. The number of nitrogens with zero attached hydrogens (tertiary/aromatic N) is 4. The summed E-state index contributed by atoms with van der Waals surface area (Å²) in [6, 6.07) is 62.7. The van der Waals surface area contributed by atoms with E-state index in [-0.39, 0.29) is 0 Å². The molecule has 0 aliphatic carbocycles. The van der Waals surface area contributed by atoms with E-state index in [0.29, 0.717) is 17.6 Å². The lowest BCUT2D eigenvalue weighted by Crippen LogP contribution is -2.06. The SMILES string of the molecule is c1ccc(-c2cccc(-c3cccc4oc5cc(-c6nc(-c7ccccc7)nc(-n7c8ccccc8c8cc9c(cc87)oc7ccccc79)n6)ccc5c34)c2)cc1. The van der Waals surface area contributed by atoms with Gasteiger partial charge in [-0.2, -0.15) is 9.97 Å². The molecule has 6 heteroatoms. The summed E-state index contributed by atoms with van der Waals surface area (Å²) in [6.07, 6.45) is 0. The molecule has 0 N–H and O–H groups in total. The molecule has 8 aromatic carbocycles. The van der Waals surface area contributed by atoms with Crippen molar-refractivity contribution in [2.45, 2.75) is 0 Å². The molecule has 0 fully saturated rings. The lowest BCUT2D eigenvalue weighted by Gasteiger charge is -2.11. The van der Waals surface area contributed by atoms with Gasteiger partial charge in [-0.05, 0) is 64.7 Å². The predicted octanol–water partition coefficient (Wildman–Crippen LogP) is 13.4. The van der Waals surface area contributed by atoms with Gasteiger partial charge in [-0.25, -0.2) is 4.98 Å². The van der Waals surface area contributed by atoms with E-state index in [9.17, 15) is 0 Å². The highest BCUT2D eigenvalue weighted by atomic mass is 16.3. The van der Waals surface area contributed by atoms with Gasteiger partial charge in [0.05, 0.1) is 11.0 Å². The highest BCUT2D eigenvalue weighted by molar-refractivity contribution is 6.17. The number of hydrogen-bond donors (Lipinski definition) is 0. The van der Waals surface area contributed by atoms with Crippen LogP contribution in [0.15, 0.2) is 191 Å². The Hall–Kier alpha value is -7.83. The Morgan fingerprint density at radius 1 is 0.333 bits per heavy atom. The third-order valence-corrected chi connectivity index (χ3v) is 11.1. The van der Waals surface area contributed by atoms with Crippen molar-refractivity contribution in [3.05, 3.63) is 182 Å². The van der Waals surface area contributed by atoms with Crippen molar-refractivity contribution in [2.24, 2.45) is 0 Å². The maximum Gasteiger partial charge on any atom is 0.238 e. The minimum atomic E-state index is 0.519. The van der Waals surface area contributed by atoms with Crippen LogP contribution in [0.4, 0.5) is 0 Å². The van der Waals surface area contributed by atoms with Gasteiger partial charge < -0.3 is 8.83 Å². The van der Waals surface area contributed by atoms with E-state index in [1.807, 2.05) is 54.6 Å². The van der Waals surface area contributed by atoms with Crippen LogP contribution in [0.2, 0.25) is 0 Å². The number of benzene rings is 8. The molecule has 4 heterocycles. The van der Waals surface area contributed by atoms with Gasteiger partial charge >= 0.3 is 0 Å². The largest absolute Gasteiger partial charge is 0.456 e. The van der Waals surface area contributed by atoms with Crippen LogP contribution < -0.4 is 0 Å². The average molecular weight is 731 g/mol. The molecule has 0 atom stereocenters.